The molecule has 3 N–H and O–H groups in total. The minimum Gasteiger partial charge on any atom is -0.330 e. The highest BCUT2D eigenvalue weighted by atomic mass is 32.1. The first kappa shape index (κ1) is 15.7. The molecule has 1 aromatic heterocycles. The Kier molecular flexibility index (Phi) is 5.90. The molecular weight excluding hydrogens is 282 g/mol. The van der Waals surface area contributed by atoms with E-state index in [1.54, 1.807) is 11.3 Å². The molecule has 0 fully saturated rings. The molecule has 4 nitrogen and oxygen atoms in total. The topological polar surface area (TPSA) is 68.0 Å². The van der Waals surface area contributed by atoms with Gasteiger partial charge in [-0.05, 0) is 38.4 Å². The summed E-state index contributed by atoms with van der Waals surface area (Å²) in [6, 6.07) is 7.81. The summed E-state index contributed by atoms with van der Waals surface area (Å²) in [5.41, 5.74) is 8.24. The number of carbonyl (C=O) groups is 1. The van der Waals surface area contributed by atoms with Crippen LogP contribution in [0.5, 0.6) is 0 Å². The summed E-state index contributed by atoms with van der Waals surface area (Å²) in [4.78, 5) is 16.3. The lowest BCUT2D eigenvalue weighted by molar-refractivity contribution is -0.116. The fourth-order valence-corrected chi connectivity index (χ4v) is 2.70. The van der Waals surface area contributed by atoms with Gasteiger partial charge in [0, 0.05) is 23.1 Å². The fourth-order valence-electron chi connectivity index (χ4n) is 2.08. The molecular formula is C16H21N3OS. The number of aromatic nitrogens is 1. The Balaban J connectivity index is 1.93. The highest BCUT2D eigenvalue weighted by Crippen LogP contribution is 2.24. The molecule has 1 heterocycles. The van der Waals surface area contributed by atoms with E-state index in [2.05, 4.69) is 10.3 Å². The van der Waals surface area contributed by atoms with Gasteiger partial charge in [0.25, 0.3) is 0 Å². The van der Waals surface area contributed by atoms with E-state index in [9.17, 15) is 4.79 Å². The lowest BCUT2D eigenvalue weighted by Crippen LogP contribution is -2.11. The van der Waals surface area contributed by atoms with Crippen LogP contribution in [0.3, 0.4) is 0 Å². The van der Waals surface area contributed by atoms with Gasteiger partial charge in [-0.15, -0.1) is 11.3 Å². The standard InChI is InChI=1S/C16H21N3OS/c1-12-18-15(11-21-12)13-6-5-7-14(10-13)19-16(20)8-3-2-4-9-17/h5-7,10-11H,2-4,8-9,17H2,1H3,(H,19,20). The van der Waals surface area contributed by atoms with Gasteiger partial charge < -0.3 is 11.1 Å². The van der Waals surface area contributed by atoms with Crippen LogP contribution < -0.4 is 11.1 Å². The van der Waals surface area contributed by atoms with E-state index in [4.69, 9.17) is 5.73 Å². The van der Waals surface area contributed by atoms with Gasteiger partial charge in [0.15, 0.2) is 0 Å². The summed E-state index contributed by atoms with van der Waals surface area (Å²) in [6.07, 6.45) is 3.40. The number of nitrogens with zero attached hydrogens (tertiary/aromatic N) is 1. The van der Waals surface area contributed by atoms with Crippen LogP contribution in [0.2, 0.25) is 0 Å². The molecule has 0 radical (unpaired) electrons. The van der Waals surface area contributed by atoms with Crippen molar-refractivity contribution in [2.45, 2.75) is 32.6 Å². The highest BCUT2D eigenvalue weighted by Gasteiger charge is 2.05. The van der Waals surface area contributed by atoms with E-state index in [0.29, 0.717) is 13.0 Å². The number of anilines is 1. The number of amides is 1. The summed E-state index contributed by atoms with van der Waals surface area (Å²) in [6.45, 7) is 2.68. The van der Waals surface area contributed by atoms with Crippen LogP contribution in [0, 0.1) is 6.92 Å². The smallest absolute Gasteiger partial charge is 0.224 e. The molecule has 0 bridgehead atoms. The molecule has 21 heavy (non-hydrogen) atoms. The molecule has 1 aromatic carbocycles. The second-order valence-electron chi connectivity index (χ2n) is 4.98. The minimum atomic E-state index is 0.0543. The van der Waals surface area contributed by atoms with Crippen LogP contribution in [0.15, 0.2) is 29.6 Å². The summed E-state index contributed by atoms with van der Waals surface area (Å²) in [7, 11) is 0. The van der Waals surface area contributed by atoms with Gasteiger partial charge in [0.2, 0.25) is 5.91 Å². The predicted molar refractivity (Wildman–Crippen MR) is 88.4 cm³/mol. The maximum Gasteiger partial charge on any atom is 0.224 e. The van der Waals surface area contributed by atoms with Gasteiger partial charge >= 0.3 is 0 Å². The van der Waals surface area contributed by atoms with Crippen LogP contribution in [0.4, 0.5) is 5.69 Å². The molecule has 2 rings (SSSR count). The Morgan fingerprint density at radius 3 is 2.90 bits per heavy atom. The molecule has 0 spiro atoms. The first-order chi connectivity index (χ1) is 10.2. The Morgan fingerprint density at radius 2 is 2.19 bits per heavy atom. The van der Waals surface area contributed by atoms with E-state index >= 15 is 0 Å². The Hall–Kier alpha value is -1.72. The Labute approximate surface area is 129 Å². The molecule has 0 aliphatic carbocycles. The highest BCUT2D eigenvalue weighted by molar-refractivity contribution is 7.09. The molecule has 112 valence electrons. The fraction of sp³-hybridized carbons (Fsp3) is 0.375. The van der Waals surface area contributed by atoms with Crippen LogP contribution in [-0.2, 0) is 4.79 Å². The molecule has 5 heteroatoms. The average Bonchev–Trinajstić information content (AvgIpc) is 2.91. The number of carbonyl (C=O) groups excluding carboxylic acids is 1. The number of benzene rings is 1. The summed E-state index contributed by atoms with van der Waals surface area (Å²) < 4.78 is 0. The van der Waals surface area contributed by atoms with Crippen LogP contribution in [0.1, 0.15) is 30.7 Å². The number of thiazole rings is 1. The third-order valence-corrected chi connectivity index (χ3v) is 3.94. The molecule has 0 aliphatic rings. The lowest BCUT2D eigenvalue weighted by atomic mass is 10.1. The molecule has 0 saturated carbocycles. The van der Waals surface area contributed by atoms with Gasteiger partial charge in [-0.25, -0.2) is 4.98 Å². The van der Waals surface area contributed by atoms with Gasteiger partial charge in [-0.3, -0.25) is 4.79 Å². The molecule has 0 atom stereocenters. The third-order valence-electron chi connectivity index (χ3n) is 3.17. The van der Waals surface area contributed by atoms with Gasteiger partial charge in [0.1, 0.15) is 0 Å². The maximum atomic E-state index is 11.9. The second kappa shape index (κ2) is 7.90. The largest absolute Gasteiger partial charge is 0.330 e. The summed E-state index contributed by atoms with van der Waals surface area (Å²) >= 11 is 1.63. The molecule has 0 aliphatic heterocycles. The minimum absolute atomic E-state index is 0.0543. The molecule has 0 unspecified atom stereocenters. The van der Waals surface area contributed by atoms with E-state index in [1.807, 2.05) is 36.6 Å². The number of unbranched alkanes of at least 4 members (excludes halogenated alkanes) is 2. The maximum absolute atomic E-state index is 11.9. The van der Waals surface area contributed by atoms with Crippen molar-refractivity contribution in [3.63, 3.8) is 0 Å². The van der Waals surface area contributed by atoms with E-state index in [1.165, 1.54) is 0 Å². The van der Waals surface area contributed by atoms with Gasteiger partial charge in [-0.2, -0.15) is 0 Å². The van der Waals surface area contributed by atoms with E-state index in [-0.39, 0.29) is 5.91 Å². The predicted octanol–water partition coefficient (Wildman–Crippen LogP) is 3.58. The van der Waals surface area contributed by atoms with Crippen molar-refractivity contribution < 1.29 is 4.79 Å². The normalized spacial score (nSPS) is 10.6. The number of hydrogen-bond donors (Lipinski definition) is 2. The first-order valence-electron chi connectivity index (χ1n) is 7.21. The number of nitrogens with one attached hydrogen (secondary N) is 1. The quantitative estimate of drug-likeness (QED) is 0.768. The average molecular weight is 303 g/mol. The van der Waals surface area contributed by atoms with Gasteiger partial charge in [0.05, 0.1) is 10.7 Å². The van der Waals surface area contributed by atoms with Crippen molar-refractivity contribution in [2.75, 3.05) is 11.9 Å². The number of rotatable bonds is 7. The van der Waals surface area contributed by atoms with E-state index in [0.717, 1.165) is 41.2 Å². The van der Waals surface area contributed by atoms with Crippen molar-refractivity contribution in [1.82, 2.24) is 4.98 Å². The third kappa shape index (κ3) is 4.95. The lowest BCUT2D eigenvalue weighted by Gasteiger charge is -2.06. The summed E-state index contributed by atoms with van der Waals surface area (Å²) in [5, 5.41) is 6.01. The van der Waals surface area contributed by atoms with Crippen LogP contribution in [0.25, 0.3) is 11.3 Å². The number of aryl methyl sites for hydroxylation is 1. The Morgan fingerprint density at radius 1 is 1.33 bits per heavy atom. The van der Waals surface area contributed by atoms with Crippen molar-refractivity contribution in [3.05, 3.63) is 34.7 Å². The van der Waals surface area contributed by atoms with Crippen LogP contribution in [-0.4, -0.2) is 17.4 Å². The van der Waals surface area contributed by atoms with Gasteiger partial charge in [-0.1, -0.05) is 18.6 Å². The monoisotopic (exact) mass is 303 g/mol. The first-order valence-corrected chi connectivity index (χ1v) is 8.09. The number of nitrogens with two attached hydrogens (primary N) is 1. The molecule has 2 aromatic rings. The Bertz CT molecular complexity index is 595. The SMILES string of the molecule is Cc1nc(-c2cccc(NC(=O)CCCCCN)c2)cs1. The van der Waals surface area contributed by atoms with Crippen molar-refractivity contribution in [3.8, 4) is 11.3 Å². The molecule has 0 saturated heterocycles. The van der Waals surface area contributed by atoms with Crippen LogP contribution >= 0.6 is 11.3 Å². The van der Waals surface area contributed by atoms with E-state index < -0.39 is 0 Å². The second-order valence-corrected chi connectivity index (χ2v) is 6.04. The zero-order valence-electron chi connectivity index (χ0n) is 12.3. The molecule has 1 amide bonds. The summed E-state index contributed by atoms with van der Waals surface area (Å²) in [5.74, 6) is 0.0543. The van der Waals surface area contributed by atoms with Crippen molar-refractivity contribution >= 4 is 22.9 Å². The van der Waals surface area contributed by atoms with Crippen molar-refractivity contribution in [1.29, 1.82) is 0 Å². The van der Waals surface area contributed by atoms with Crippen molar-refractivity contribution in [2.24, 2.45) is 5.73 Å². The number of hydrogen-bond acceptors (Lipinski definition) is 4. The zero-order chi connectivity index (χ0) is 15.1. The zero-order valence-corrected chi connectivity index (χ0v) is 13.1.